The van der Waals surface area contributed by atoms with E-state index in [9.17, 15) is 4.79 Å². The van der Waals surface area contributed by atoms with Crippen molar-refractivity contribution in [3.8, 4) is 0 Å². The molecule has 1 amide bonds. The van der Waals surface area contributed by atoms with Crippen LogP contribution in [0.2, 0.25) is 0 Å². The van der Waals surface area contributed by atoms with Crippen molar-refractivity contribution >= 4 is 23.4 Å². The smallest absolute Gasteiger partial charge is 0.253 e. The number of para-hydroxylation sites is 1. The first-order valence-corrected chi connectivity index (χ1v) is 6.81. The molecule has 1 aromatic rings. The van der Waals surface area contributed by atoms with Crippen molar-refractivity contribution in [3.63, 3.8) is 0 Å². The van der Waals surface area contributed by atoms with Gasteiger partial charge in [0.05, 0.1) is 11.3 Å². The fourth-order valence-corrected chi connectivity index (χ4v) is 3.12. The third kappa shape index (κ3) is 3.14. The number of thioether (sulfide) groups is 1. The van der Waals surface area contributed by atoms with E-state index in [4.69, 9.17) is 5.84 Å². The molecule has 0 saturated carbocycles. The van der Waals surface area contributed by atoms with E-state index in [1.54, 1.807) is 12.1 Å². The minimum atomic E-state index is -0.0638. The molecule has 0 bridgehead atoms. The number of hydrogen-bond acceptors (Lipinski definition) is 4. The SMILES string of the molecule is NNc1ccccc1C(=O)NCC1CCCS1. The Morgan fingerprint density at radius 3 is 3.00 bits per heavy atom. The minimum absolute atomic E-state index is 0.0638. The van der Waals surface area contributed by atoms with Gasteiger partial charge in [0.25, 0.3) is 5.91 Å². The van der Waals surface area contributed by atoms with Gasteiger partial charge in [0.2, 0.25) is 0 Å². The van der Waals surface area contributed by atoms with Crippen LogP contribution in [0.15, 0.2) is 24.3 Å². The second-order valence-corrected chi connectivity index (χ2v) is 5.44. The molecule has 0 spiro atoms. The Kier molecular flexibility index (Phi) is 4.28. The Morgan fingerprint density at radius 1 is 1.47 bits per heavy atom. The summed E-state index contributed by atoms with van der Waals surface area (Å²) in [4.78, 5) is 12.0. The summed E-state index contributed by atoms with van der Waals surface area (Å²) in [5, 5.41) is 3.53. The molecule has 1 fully saturated rings. The average molecular weight is 251 g/mol. The van der Waals surface area contributed by atoms with Crippen LogP contribution in [0, 0.1) is 0 Å². The number of carbonyl (C=O) groups is 1. The van der Waals surface area contributed by atoms with Crippen LogP contribution in [0.4, 0.5) is 5.69 Å². The van der Waals surface area contributed by atoms with Gasteiger partial charge in [-0.1, -0.05) is 12.1 Å². The quantitative estimate of drug-likeness (QED) is 0.561. The number of benzene rings is 1. The summed E-state index contributed by atoms with van der Waals surface area (Å²) < 4.78 is 0. The number of anilines is 1. The van der Waals surface area contributed by atoms with Gasteiger partial charge in [0.1, 0.15) is 0 Å². The predicted molar refractivity (Wildman–Crippen MR) is 72.1 cm³/mol. The molecular weight excluding hydrogens is 234 g/mol. The van der Waals surface area contributed by atoms with Gasteiger partial charge >= 0.3 is 0 Å². The molecule has 1 unspecified atom stereocenters. The highest BCUT2D eigenvalue weighted by Gasteiger charge is 2.17. The Morgan fingerprint density at radius 2 is 2.29 bits per heavy atom. The van der Waals surface area contributed by atoms with Crippen molar-refractivity contribution in [1.29, 1.82) is 0 Å². The summed E-state index contributed by atoms with van der Waals surface area (Å²) in [7, 11) is 0. The largest absolute Gasteiger partial charge is 0.351 e. The molecule has 1 saturated heterocycles. The number of carbonyl (C=O) groups excluding carboxylic acids is 1. The zero-order valence-corrected chi connectivity index (χ0v) is 10.4. The number of nitrogens with two attached hydrogens (primary N) is 1. The summed E-state index contributed by atoms with van der Waals surface area (Å²) in [6.07, 6.45) is 2.45. The van der Waals surface area contributed by atoms with E-state index in [-0.39, 0.29) is 5.91 Å². The first-order valence-electron chi connectivity index (χ1n) is 5.76. The third-order valence-corrected chi connectivity index (χ3v) is 4.24. The molecule has 1 heterocycles. The molecule has 0 aliphatic carbocycles. The molecule has 1 aliphatic heterocycles. The predicted octanol–water partition coefficient (Wildman–Crippen LogP) is 1.60. The van der Waals surface area contributed by atoms with E-state index in [0.29, 0.717) is 16.5 Å². The van der Waals surface area contributed by atoms with Crippen molar-refractivity contribution in [2.75, 3.05) is 17.7 Å². The highest BCUT2D eigenvalue weighted by atomic mass is 32.2. The minimum Gasteiger partial charge on any atom is -0.351 e. The maximum Gasteiger partial charge on any atom is 0.253 e. The van der Waals surface area contributed by atoms with Gasteiger partial charge in [-0.05, 0) is 30.7 Å². The third-order valence-electron chi connectivity index (χ3n) is 2.84. The van der Waals surface area contributed by atoms with Crippen LogP contribution >= 0.6 is 11.8 Å². The number of rotatable bonds is 4. The number of nitrogens with one attached hydrogen (secondary N) is 2. The van der Waals surface area contributed by atoms with Gasteiger partial charge in [0, 0.05) is 11.8 Å². The second kappa shape index (κ2) is 5.93. The van der Waals surface area contributed by atoms with Crippen LogP contribution in [-0.2, 0) is 0 Å². The lowest BCUT2D eigenvalue weighted by atomic mass is 10.1. The fraction of sp³-hybridized carbons (Fsp3) is 0.417. The zero-order valence-electron chi connectivity index (χ0n) is 9.61. The lowest BCUT2D eigenvalue weighted by Gasteiger charge is -2.12. The number of hydrogen-bond donors (Lipinski definition) is 3. The standard InChI is InChI=1S/C12H17N3OS/c13-15-11-6-2-1-5-10(11)12(16)14-8-9-4-3-7-17-9/h1-2,5-6,9,15H,3-4,7-8,13H2,(H,14,16). The normalized spacial score (nSPS) is 19.0. The summed E-state index contributed by atoms with van der Waals surface area (Å²) in [6.45, 7) is 0.738. The van der Waals surface area contributed by atoms with Crippen molar-refractivity contribution in [3.05, 3.63) is 29.8 Å². The Bertz CT molecular complexity index is 391. The summed E-state index contributed by atoms with van der Waals surface area (Å²) in [5.74, 6) is 6.52. The molecule has 1 aliphatic rings. The monoisotopic (exact) mass is 251 g/mol. The van der Waals surface area contributed by atoms with E-state index in [1.165, 1.54) is 18.6 Å². The van der Waals surface area contributed by atoms with Crippen LogP contribution in [0.1, 0.15) is 23.2 Å². The lowest BCUT2D eigenvalue weighted by Crippen LogP contribution is -2.30. The van der Waals surface area contributed by atoms with Gasteiger partial charge in [-0.25, -0.2) is 0 Å². The molecule has 4 nitrogen and oxygen atoms in total. The van der Waals surface area contributed by atoms with Gasteiger partial charge in [-0.15, -0.1) is 0 Å². The van der Waals surface area contributed by atoms with E-state index in [1.807, 2.05) is 23.9 Å². The van der Waals surface area contributed by atoms with Crippen molar-refractivity contribution in [1.82, 2.24) is 5.32 Å². The Balaban J connectivity index is 1.94. The number of nitrogen functional groups attached to an aromatic ring is 1. The van der Waals surface area contributed by atoms with E-state index in [0.717, 1.165) is 6.54 Å². The molecule has 2 rings (SSSR count). The zero-order chi connectivity index (χ0) is 12.1. The van der Waals surface area contributed by atoms with E-state index in [2.05, 4.69) is 10.7 Å². The van der Waals surface area contributed by atoms with Crippen molar-refractivity contribution < 1.29 is 4.79 Å². The summed E-state index contributed by atoms with van der Waals surface area (Å²) in [5.41, 5.74) is 3.79. The topological polar surface area (TPSA) is 67.1 Å². The molecule has 1 atom stereocenters. The molecule has 5 heteroatoms. The van der Waals surface area contributed by atoms with Crippen LogP contribution in [0.25, 0.3) is 0 Å². The highest BCUT2D eigenvalue weighted by molar-refractivity contribution is 8.00. The van der Waals surface area contributed by atoms with Gasteiger partial charge in [-0.3, -0.25) is 10.6 Å². The number of amides is 1. The van der Waals surface area contributed by atoms with E-state index >= 15 is 0 Å². The maximum atomic E-state index is 12.0. The summed E-state index contributed by atoms with van der Waals surface area (Å²) >= 11 is 1.93. The van der Waals surface area contributed by atoms with Gasteiger partial charge < -0.3 is 10.7 Å². The Hall–Kier alpha value is -1.20. The first-order chi connectivity index (χ1) is 8.31. The summed E-state index contributed by atoms with van der Waals surface area (Å²) in [6, 6.07) is 7.24. The van der Waals surface area contributed by atoms with Crippen molar-refractivity contribution in [2.24, 2.45) is 5.84 Å². The molecule has 0 aromatic heterocycles. The lowest BCUT2D eigenvalue weighted by molar-refractivity contribution is 0.0954. The molecular formula is C12H17N3OS. The van der Waals surface area contributed by atoms with Crippen LogP contribution in [0.3, 0.4) is 0 Å². The highest BCUT2D eigenvalue weighted by Crippen LogP contribution is 2.25. The van der Waals surface area contributed by atoms with Gasteiger partial charge in [-0.2, -0.15) is 11.8 Å². The molecule has 4 N–H and O–H groups in total. The second-order valence-electron chi connectivity index (χ2n) is 4.03. The molecule has 0 radical (unpaired) electrons. The molecule has 1 aromatic carbocycles. The first kappa shape index (κ1) is 12.3. The number of hydrazine groups is 1. The molecule has 92 valence electrons. The van der Waals surface area contributed by atoms with Crippen molar-refractivity contribution in [2.45, 2.75) is 18.1 Å². The average Bonchev–Trinajstić information content (AvgIpc) is 2.89. The van der Waals surface area contributed by atoms with E-state index < -0.39 is 0 Å². The van der Waals surface area contributed by atoms with Gasteiger partial charge in [0.15, 0.2) is 0 Å². The Labute approximate surface area is 105 Å². The molecule has 17 heavy (non-hydrogen) atoms. The van der Waals surface area contributed by atoms with Crippen LogP contribution < -0.4 is 16.6 Å². The van der Waals surface area contributed by atoms with Crippen LogP contribution in [-0.4, -0.2) is 23.5 Å². The van der Waals surface area contributed by atoms with Crippen LogP contribution in [0.5, 0.6) is 0 Å². The fourth-order valence-electron chi connectivity index (χ4n) is 1.91. The maximum absolute atomic E-state index is 12.0.